The molecule has 0 aliphatic carbocycles. The van der Waals surface area contributed by atoms with Gasteiger partial charge in [-0.15, -0.1) is 0 Å². The van der Waals surface area contributed by atoms with Gasteiger partial charge in [-0.25, -0.2) is 4.98 Å². The summed E-state index contributed by atoms with van der Waals surface area (Å²) in [7, 11) is 4.20. The lowest BCUT2D eigenvalue weighted by molar-refractivity contribution is 0.248. The number of pyridine rings is 1. The topological polar surface area (TPSA) is 43.2 Å². The van der Waals surface area contributed by atoms with Crippen LogP contribution < -0.4 is 4.90 Å². The molecule has 0 bridgehead atoms. The second-order valence-corrected chi connectivity index (χ2v) is 4.65. The summed E-state index contributed by atoms with van der Waals surface area (Å²) in [5.41, 5.74) is 1.46. The van der Waals surface area contributed by atoms with Crippen molar-refractivity contribution in [1.29, 1.82) is 5.26 Å². The molecule has 0 saturated carbocycles. The number of nitriles is 1. The highest BCUT2D eigenvalue weighted by Crippen LogP contribution is 2.22. The first-order chi connectivity index (χ1) is 8.22. The highest BCUT2D eigenvalue weighted by Gasteiger charge is 2.22. The third-order valence-electron chi connectivity index (χ3n) is 3.42. The fraction of sp³-hybridized carbons (Fsp3) is 0.538. The zero-order valence-corrected chi connectivity index (χ0v) is 10.4. The van der Waals surface area contributed by atoms with Crippen molar-refractivity contribution >= 4 is 5.69 Å². The first-order valence-corrected chi connectivity index (χ1v) is 5.99. The average molecular weight is 230 g/mol. The van der Waals surface area contributed by atoms with Crippen LogP contribution in [0.1, 0.15) is 18.5 Å². The third-order valence-corrected chi connectivity index (χ3v) is 3.42. The maximum atomic E-state index is 9.07. The fourth-order valence-electron chi connectivity index (χ4n) is 2.42. The SMILES string of the molecule is CN1CCCC(N(C)c2cccnc2C#N)C1. The van der Waals surface area contributed by atoms with E-state index in [-0.39, 0.29) is 0 Å². The van der Waals surface area contributed by atoms with Crippen molar-refractivity contribution in [3.8, 4) is 6.07 Å². The summed E-state index contributed by atoms with van der Waals surface area (Å²) in [5.74, 6) is 0. The van der Waals surface area contributed by atoms with Crippen molar-refractivity contribution in [2.24, 2.45) is 0 Å². The summed E-state index contributed by atoms with van der Waals surface area (Å²) in [6, 6.07) is 6.50. The minimum atomic E-state index is 0.477. The average Bonchev–Trinajstić information content (AvgIpc) is 2.38. The van der Waals surface area contributed by atoms with Crippen LogP contribution in [-0.4, -0.2) is 43.1 Å². The molecule has 0 N–H and O–H groups in total. The van der Waals surface area contributed by atoms with Gasteiger partial charge in [-0.3, -0.25) is 0 Å². The number of hydrogen-bond donors (Lipinski definition) is 0. The Morgan fingerprint density at radius 2 is 2.41 bits per heavy atom. The number of nitrogens with zero attached hydrogens (tertiary/aromatic N) is 4. The van der Waals surface area contributed by atoms with Crippen LogP contribution in [0.4, 0.5) is 5.69 Å². The predicted octanol–water partition coefficient (Wildman–Crippen LogP) is 1.48. The maximum absolute atomic E-state index is 9.07. The molecule has 4 nitrogen and oxygen atoms in total. The Bertz CT molecular complexity index is 424. The first-order valence-electron chi connectivity index (χ1n) is 5.99. The molecule has 1 aliphatic rings. The van der Waals surface area contributed by atoms with Crippen molar-refractivity contribution < 1.29 is 0 Å². The molecule has 1 atom stereocenters. The smallest absolute Gasteiger partial charge is 0.163 e. The summed E-state index contributed by atoms with van der Waals surface area (Å²) in [6.45, 7) is 2.22. The quantitative estimate of drug-likeness (QED) is 0.772. The van der Waals surface area contributed by atoms with Gasteiger partial charge in [0, 0.05) is 25.8 Å². The Balaban J connectivity index is 2.19. The number of likely N-dealkylation sites (tertiary alicyclic amines) is 1. The summed E-state index contributed by atoms with van der Waals surface area (Å²) in [4.78, 5) is 8.65. The van der Waals surface area contributed by atoms with Crippen LogP contribution in [0.15, 0.2) is 18.3 Å². The van der Waals surface area contributed by atoms with Gasteiger partial charge in [0.25, 0.3) is 0 Å². The van der Waals surface area contributed by atoms with Gasteiger partial charge in [-0.2, -0.15) is 5.26 Å². The third kappa shape index (κ3) is 2.56. The second-order valence-electron chi connectivity index (χ2n) is 4.65. The number of likely N-dealkylation sites (N-methyl/N-ethyl adjacent to an activating group) is 2. The monoisotopic (exact) mass is 230 g/mol. The Kier molecular flexibility index (Phi) is 3.60. The molecule has 90 valence electrons. The van der Waals surface area contributed by atoms with Gasteiger partial charge in [0.2, 0.25) is 0 Å². The molecule has 1 saturated heterocycles. The molecule has 1 fully saturated rings. The largest absolute Gasteiger partial charge is 0.368 e. The number of piperidine rings is 1. The molecule has 0 aromatic carbocycles. The highest BCUT2D eigenvalue weighted by molar-refractivity contribution is 5.55. The molecule has 0 amide bonds. The van der Waals surface area contributed by atoms with Crippen LogP contribution in [0.3, 0.4) is 0 Å². The van der Waals surface area contributed by atoms with Crippen molar-refractivity contribution in [3.05, 3.63) is 24.0 Å². The highest BCUT2D eigenvalue weighted by atomic mass is 15.2. The molecule has 2 heterocycles. The van der Waals surface area contributed by atoms with Gasteiger partial charge in [-0.1, -0.05) is 0 Å². The number of anilines is 1. The molecular formula is C13H18N4. The standard InChI is InChI=1S/C13H18N4/c1-16-8-4-5-11(10-16)17(2)13-6-3-7-15-12(13)9-14/h3,6-7,11H,4-5,8,10H2,1-2H3. The minimum absolute atomic E-state index is 0.477. The van der Waals surface area contributed by atoms with E-state index in [1.165, 1.54) is 19.4 Å². The van der Waals surface area contributed by atoms with Crippen LogP contribution in [0.25, 0.3) is 0 Å². The zero-order chi connectivity index (χ0) is 12.3. The van der Waals surface area contributed by atoms with Crippen LogP contribution >= 0.6 is 0 Å². The van der Waals surface area contributed by atoms with E-state index in [1.54, 1.807) is 6.20 Å². The van der Waals surface area contributed by atoms with Crippen LogP contribution in [-0.2, 0) is 0 Å². The predicted molar refractivity (Wildman–Crippen MR) is 67.9 cm³/mol. The van der Waals surface area contributed by atoms with Crippen molar-refractivity contribution in [3.63, 3.8) is 0 Å². The summed E-state index contributed by atoms with van der Waals surface area (Å²) >= 11 is 0. The van der Waals surface area contributed by atoms with E-state index in [0.717, 1.165) is 12.2 Å². The Morgan fingerprint density at radius 1 is 1.59 bits per heavy atom. The van der Waals surface area contributed by atoms with Crippen LogP contribution in [0, 0.1) is 11.3 Å². The molecule has 1 aliphatic heterocycles. The van der Waals surface area contributed by atoms with E-state index in [2.05, 4.69) is 34.9 Å². The van der Waals surface area contributed by atoms with Gasteiger partial charge in [0.15, 0.2) is 5.69 Å². The van der Waals surface area contributed by atoms with Crippen molar-refractivity contribution in [1.82, 2.24) is 9.88 Å². The van der Waals surface area contributed by atoms with E-state index in [1.807, 2.05) is 12.1 Å². The minimum Gasteiger partial charge on any atom is -0.368 e. The molecule has 1 aromatic rings. The maximum Gasteiger partial charge on any atom is 0.163 e. The van der Waals surface area contributed by atoms with Gasteiger partial charge in [0.05, 0.1) is 5.69 Å². The fourth-order valence-corrected chi connectivity index (χ4v) is 2.42. The van der Waals surface area contributed by atoms with Gasteiger partial charge in [-0.05, 0) is 38.6 Å². The Morgan fingerprint density at radius 3 is 3.12 bits per heavy atom. The van der Waals surface area contributed by atoms with Gasteiger partial charge in [0.1, 0.15) is 6.07 Å². The molecule has 0 radical (unpaired) electrons. The van der Waals surface area contributed by atoms with Gasteiger partial charge >= 0.3 is 0 Å². The molecule has 1 unspecified atom stereocenters. The van der Waals surface area contributed by atoms with E-state index < -0.39 is 0 Å². The molecule has 1 aromatic heterocycles. The van der Waals surface area contributed by atoms with E-state index >= 15 is 0 Å². The molecule has 4 heteroatoms. The zero-order valence-electron chi connectivity index (χ0n) is 10.4. The summed E-state index contributed by atoms with van der Waals surface area (Å²) in [5, 5.41) is 9.07. The van der Waals surface area contributed by atoms with Crippen molar-refractivity contribution in [2.45, 2.75) is 18.9 Å². The second kappa shape index (κ2) is 5.15. The molecule has 2 rings (SSSR count). The Hall–Kier alpha value is -1.60. The molecule has 17 heavy (non-hydrogen) atoms. The Labute approximate surface area is 102 Å². The van der Waals surface area contributed by atoms with E-state index in [4.69, 9.17) is 5.26 Å². The molecule has 0 spiro atoms. The molecular weight excluding hydrogens is 212 g/mol. The lowest BCUT2D eigenvalue weighted by atomic mass is 10.0. The number of hydrogen-bond acceptors (Lipinski definition) is 4. The van der Waals surface area contributed by atoms with E-state index in [0.29, 0.717) is 11.7 Å². The normalized spacial score (nSPS) is 20.9. The van der Waals surface area contributed by atoms with Crippen LogP contribution in [0.5, 0.6) is 0 Å². The van der Waals surface area contributed by atoms with E-state index in [9.17, 15) is 0 Å². The van der Waals surface area contributed by atoms with Gasteiger partial charge < -0.3 is 9.80 Å². The summed E-state index contributed by atoms with van der Waals surface area (Å²) < 4.78 is 0. The lowest BCUT2D eigenvalue weighted by Gasteiger charge is -2.37. The summed E-state index contributed by atoms with van der Waals surface area (Å²) in [6.07, 6.45) is 4.07. The number of rotatable bonds is 2. The lowest BCUT2D eigenvalue weighted by Crippen LogP contribution is -2.45. The first kappa shape index (κ1) is 11.9. The van der Waals surface area contributed by atoms with Crippen molar-refractivity contribution in [2.75, 3.05) is 32.1 Å². The van der Waals surface area contributed by atoms with Crippen LogP contribution in [0.2, 0.25) is 0 Å². The number of aromatic nitrogens is 1.